The molecular weight excluding hydrogens is 228 g/mol. The Bertz CT molecular complexity index is 358. The Hall–Kier alpha value is -1.13. The molecule has 5 heteroatoms. The molecule has 0 aliphatic rings. The summed E-state index contributed by atoms with van der Waals surface area (Å²) < 4.78 is 0. The zero-order valence-corrected chi connectivity index (χ0v) is 10.2. The van der Waals surface area contributed by atoms with Gasteiger partial charge in [-0.3, -0.25) is 10.1 Å². The first-order chi connectivity index (χ1) is 7.07. The number of hydrogen-bond acceptors (Lipinski definition) is 3. The van der Waals surface area contributed by atoms with Crippen molar-refractivity contribution in [2.45, 2.75) is 26.3 Å². The largest absolute Gasteiger partial charge is 0.324 e. The molecule has 0 heterocycles. The molecule has 2 N–H and O–H groups in total. The van der Waals surface area contributed by atoms with Crippen molar-refractivity contribution in [1.82, 2.24) is 0 Å². The molecule has 4 nitrogen and oxygen atoms in total. The average Bonchev–Trinajstić information content (AvgIpc) is 2.27. The normalized spacial score (nSPS) is 13.7. The van der Waals surface area contributed by atoms with E-state index in [4.69, 9.17) is 5.73 Å². The molecule has 0 saturated heterocycles. The molecule has 0 fully saturated rings. The van der Waals surface area contributed by atoms with E-state index >= 15 is 0 Å². The van der Waals surface area contributed by atoms with Crippen LogP contribution >= 0.6 is 12.4 Å². The third-order valence-electron chi connectivity index (χ3n) is 2.75. The second-order valence-electron chi connectivity index (χ2n) is 3.73. The highest BCUT2D eigenvalue weighted by Gasteiger charge is 2.21. The molecule has 0 amide bonds. The van der Waals surface area contributed by atoms with Crippen molar-refractivity contribution in [2.75, 3.05) is 0 Å². The Kier molecular flexibility index (Phi) is 6.00. The summed E-state index contributed by atoms with van der Waals surface area (Å²) in [6.45, 7) is 4.03. The van der Waals surface area contributed by atoms with Gasteiger partial charge in [-0.1, -0.05) is 38.5 Å². The van der Waals surface area contributed by atoms with E-state index in [1.807, 2.05) is 13.8 Å². The van der Waals surface area contributed by atoms with Gasteiger partial charge < -0.3 is 5.73 Å². The van der Waals surface area contributed by atoms with Gasteiger partial charge in [0.25, 0.3) is 5.69 Å². The highest BCUT2D eigenvalue weighted by molar-refractivity contribution is 5.85. The van der Waals surface area contributed by atoms with Crippen LogP contribution in [0.4, 0.5) is 5.69 Å². The van der Waals surface area contributed by atoms with Gasteiger partial charge in [0.15, 0.2) is 0 Å². The summed E-state index contributed by atoms with van der Waals surface area (Å²) in [5.74, 6) is 0.242. The van der Waals surface area contributed by atoms with Crippen molar-refractivity contribution in [2.24, 2.45) is 11.7 Å². The number of benzene rings is 1. The third-order valence-corrected chi connectivity index (χ3v) is 2.75. The first-order valence-electron chi connectivity index (χ1n) is 5.06. The Labute approximate surface area is 101 Å². The van der Waals surface area contributed by atoms with Crippen LogP contribution in [0.3, 0.4) is 0 Å². The lowest BCUT2D eigenvalue weighted by atomic mass is 9.92. The van der Waals surface area contributed by atoms with Crippen molar-refractivity contribution >= 4 is 18.1 Å². The molecule has 1 rings (SSSR count). The van der Waals surface area contributed by atoms with E-state index in [0.29, 0.717) is 5.56 Å². The molecule has 0 aromatic heterocycles. The highest BCUT2D eigenvalue weighted by atomic mass is 35.5. The Morgan fingerprint density at radius 1 is 1.44 bits per heavy atom. The smallest absolute Gasteiger partial charge is 0.274 e. The molecule has 1 unspecified atom stereocenters. The summed E-state index contributed by atoms with van der Waals surface area (Å²) in [5, 5.41) is 10.8. The van der Waals surface area contributed by atoms with Gasteiger partial charge in [-0.25, -0.2) is 0 Å². The number of rotatable bonds is 4. The fourth-order valence-electron chi connectivity index (χ4n) is 1.50. The maximum Gasteiger partial charge on any atom is 0.274 e. The quantitative estimate of drug-likeness (QED) is 0.654. The minimum absolute atomic E-state index is 0. The first-order valence-corrected chi connectivity index (χ1v) is 5.06. The van der Waals surface area contributed by atoms with Gasteiger partial charge in [-0.05, 0) is 5.92 Å². The molecule has 1 aromatic carbocycles. The second kappa shape index (κ2) is 6.45. The number of para-hydroxylation sites is 1. The summed E-state index contributed by atoms with van der Waals surface area (Å²) in [7, 11) is 0. The predicted octanol–water partition coefficient (Wildman–Crippen LogP) is 3.06. The maximum atomic E-state index is 10.8. The van der Waals surface area contributed by atoms with Gasteiger partial charge in [-0.2, -0.15) is 0 Å². The van der Waals surface area contributed by atoms with E-state index in [-0.39, 0.29) is 35.0 Å². The number of nitro groups is 1. The van der Waals surface area contributed by atoms with Crippen molar-refractivity contribution in [1.29, 1.82) is 0 Å². The molecular formula is C11H17ClN2O2. The van der Waals surface area contributed by atoms with Crippen LogP contribution < -0.4 is 5.73 Å². The van der Waals surface area contributed by atoms with E-state index in [9.17, 15) is 10.1 Å². The molecule has 0 saturated carbocycles. The Morgan fingerprint density at radius 3 is 2.50 bits per heavy atom. The fourth-order valence-corrected chi connectivity index (χ4v) is 1.50. The third kappa shape index (κ3) is 3.18. The van der Waals surface area contributed by atoms with Crippen LogP contribution in [0.15, 0.2) is 24.3 Å². The average molecular weight is 245 g/mol. The fraction of sp³-hybridized carbons (Fsp3) is 0.455. The molecule has 0 bridgehead atoms. The summed E-state index contributed by atoms with van der Waals surface area (Å²) >= 11 is 0. The number of nitro benzene ring substituents is 1. The topological polar surface area (TPSA) is 69.2 Å². The van der Waals surface area contributed by atoms with Crippen LogP contribution in [0.25, 0.3) is 0 Å². The molecule has 0 radical (unpaired) electrons. The zero-order valence-electron chi connectivity index (χ0n) is 9.42. The SMILES string of the molecule is CCC(C)[C@@H](N)c1ccccc1[N+](=O)[O-].Cl. The molecule has 0 spiro atoms. The first kappa shape index (κ1) is 14.9. The second-order valence-corrected chi connectivity index (χ2v) is 3.73. The van der Waals surface area contributed by atoms with Crippen LogP contribution in [0.5, 0.6) is 0 Å². The standard InChI is InChI=1S/C11H16N2O2.ClH/c1-3-8(2)11(12)9-6-4-5-7-10(9)13(14)15;/h4-8,11H,3,12H2,1-2H3;1H/t8?,11-;/m1./s1. The van der Waals surface area contributed by atoms with Gasteiger partial charge in [0.1, 0.15) is 0 Å². The van der Waals surface area contributed by atoms with E-state index < -0.39 is 0 Å². The zero-order chi connectivity index (χ0) is 11.4. The van der Waals surface area contributed by atoms with Crippen LogP contribution in [0.1, 0.15) is 31.9 Å². The molecule has 2 atom stereocenters. The number of nitrogens with zero attached hydrogens (tertiary/aromatic N) is 1. The van der Waals surface area contributed by atoms with Crippen LogP contribution in [-0.4, -0.2) is 4.92 Å². The maximum absolute atomic E-state index is 10.8. The van der Waals surface area contributed by atoms with Crippen molar-refractivity contribution in [3.05, 3.63) is 39.9 Å². The lowest BCUT2D eigenvalue weighted by molar-refractivity contribution is -0.385. The van der Waals surface area contributed by atoms with Crippen LogP contribution in [0.2, 0.25) is 0 Å². The number of hydrogen-bond donors (Lipinski definition) is 1. The van der Waals surface area contributed by atoms with Crippen molar-refractivity contribution in [3.63, 3.8) is 0 Å². The Balaban J connectivity index is 0.00000225. The summed E-state index contributed by atoms with van der Waals surface area (Å²) in [5.41, 5.74) is 6.72. The molecule has 1 aromatic rings. The Morgan fingerprint density at radius 2 is 2.00 bits per heavy atom. The lowest BCUT2D eigenvalue weighted by Gasteiger charge is -2.18. The summed E-state index contributed by atoms with van der Waals surface area (Å²) in [6.07, 6.45) is 0.910. The van der Waals surface area contributed by atoms with Crippen LogP contribution in [-0.2, 0) is 0 Å². The molecule has 0 aliphatic carbocycles. The van der Waals surface area contributed by atoms with Crippen molar-refractivity contribution < 1.29 is 4.92 Å². The van der Waals surface area contributed by atoms with Gasteiger partial charge >= 0.3 is 0 Å². The van der Waals surface area contributed by atoms with Crippen molar-refractivity contribution in [3.8, 4) is 0 Å². The molecule has 90 valence electrons. The minimum Gasteiger partial charge on any atom is -0.324 e. The number of halogens is 1. The van der Waals surface area contributed by atoms with E-state index in [1.54, 1.807) is 18.2 Å². The summed E-state index contributed by atoms with van der Waals surface area (Å²) in [4.78, 5) is 10.4. The van der Waals surface area contributed by atoms with Gasteiger partial charge in [0.2, 0.25) is 0 Å². The van der Waals surface area contributed by atoms with E-state index in [2.05, 4.69) is 0 Å². The van der Waals surface area contributed by atoms with E-state index in [0.717, 1.165) is 6.42 Å². The predicted molar refractivity (Wildman–Crippen MR) is 66.7 cm³/mol. The van der Waals surface area contributed by atoms with Crippen LogP contribution in [0, 0.1) is 16.0 Å². The summed E-state index contributed by atoms with van der Waals surface area (Å²) in [6, 6.07) is 6.40. The minimum atomic E-state index is -0.377. The number of nitrogens with two attached hydrogens (primary N) is 1. The van der Waals surface area contributed by atoms with Gasteiger partial charge in [0, 0.05) is 17.7 Å². The van der Waals surface area contributed by atoms with Gasteiger partial charge in [0.05, 0.1) is 4.92 Å². The van der Waals surface area contributed by atoms with E-state index in [1.165, 1.54) is 6.07 Å². The lowest BCUT2D eigenvalue weighted by Crippen LogP contribution is -2.19. The molecule has 0 aliphatic heterocycles. The molecule has 16 heavy (non-hydrogen) atoms. The van der Waals surface area contributed by atoms with Gasteiger partial charge in [-0.15, -0.1) is 12.4 Å². The highest BCUT2D eigenvalue weighted by Crippen LogP contribution is 2.29. The monoisotopic (exact) mass is 244 g/mol.